The minimum atomic E-state index is -0.284. The average Bonchev–Trinajstić information content (AvgIpc) is 2.64. The molecule has 1 aromatic heterocycles. The molecule has 2 N–H and O–H groups in total. The van der Waals surface area contributed by atoms with Gasteiger partial charge < -0.3 is 15.4 Å². The molecule has 25 heavy (non-hydrogen) atoms. The summed E-state index contributed by atoms with van der Waals surface area (Å²) in [5, 5.41) is 5.62. The molecule has 0 fully saturated rings. The molecule has 0 radical (unpaired) electrons. The lowest BCUT2D eigenvalue weighted by atomic mass is 10.1. The molecule has 6 nitrogen and oxygen atoms in total. The van der Waals surface area contributed by atoms with Gasteiger partial charge in [-0.25, -0.2) is 0 Å². The van der Waals surface area contributed by atoms with Crippen molar-refractivity contribution in [2.24, 2.45) is 5.92 Å². The van der Waals surface area contributed by atoms with Crippen LogP contribution in [0.15, 0.2) is 42.6 Å². The van der Waals surface area contributed by atoms with E-state index in [2.05, 4.69) is 15.6 Å². The fourth-order valence-corrected chi connectivity index (χ4v) is 2.21. The molecule has 0 aliphatic rings. The summed E-state index contributed by atoms with van der Waals surface area (Å²) in [6.07, 6.45) is 1.46. The molecule has 0 saturated heterocycles. The van der Waals surface area contributed by atoms with E-state index >= 15 is 0 Å². The van der Waals surface area contributed by atoms with Crippen molar-refractivity contribution in [1.29, 1.82) is 0 Å². The molecule has 132 valence electrons. The topological polar surface area (TPSA) is 80.3 Å². The third kappa shape index (κ3) is 5.31. The Kier molecular flexibility index (Phi) is 6.51. The largest absolute Gasteiger partial charge is 0.496 e. The van der Waals surface area contributed by atoms with Gasteiger partial charge in [0.1, 0.15) is 11.4 Å². The third-order valence-corrected chi connectivity index (χ3v) is 3.56. The Morgan fingerprint density at radius 2 is 1.88 bits per heavy atom. The lowest BCUT2D eigenvalue weighted by Gasteiger charge is -2.10. The summed E-state index contributed by atoms with van der Waals surface area (Å²) in [6, 6.07) is 10.5. The first-order chi connectivity index (χ1) is 12.0. The Morgan fingerprint density at radius 1 is 1.12 bits per heavy atom. The number of methoxy groups -OCH3 is 1. The van der Waals surface area contributed by atoms with Gasteiger partial charge in [0, 0.05) is 30.4 Å². The van der Waals surface area contributed by atoms with Gasteiger partial charge in [0.25, 0.3) is 11.8 Å². The van der Waals surface area contributed by atoms with Crippen molar-refractivity contribution in [1.82, 2.24) is 15.6 Å². The molecule has 0 aliphatic heterocycles. The van der Waals surface area contributed by atoms with Crippen LogP contribution in [0.25, 0.3) is 0 Å². The highest BCUT2D eigenvalue weighted by atomic mass is 16.5. The van der Waals surface area contributed by atoms with Gasteiger partial charge in [-0.15, -0.1) is 0 Å². The first-order valence-corrected chi connectivity index (χ1v) is 8.15. The number of para-hydroxylation sites is 1. The van der Waals surface area contributed by atoms with E-state index in [1.807, 2.05) is 38.1 Å². The van der Waals surface area contributed by atoms with Crippen molar-refractivity contribution in [2.45, 2.75) is 20.4 Å². The van der Waals surface area contributed by atoms with E-state index in [1.54, 1.807) is 13.2 Å². The lowest BCUT2D eigenvalue weighted by Crippen LogP contribution is -2.29. The van der Waals surface area contributed by atoms with Crippen molar-refractivity contribution in [3.05, 3.63) is 59.4 Å². The van der Waals surface area contributed by atoms with Gasteiger partial charge in [-0.1, -0.05) is 32.0 Å². The van der Waals surface area contributed by atoms with E-state index < -0.39 is 0 Å². The number of carbonyl (C=O) groups is 2. The van der Waals surface area contributed by atoms with Gasteiger partial charge in [-0.2, -0.15) is 0 Å². The highest BCUT2D eigenvalue weighted by Gasteiger charge is 2.12. The van der Waals surface area contributed by atoms with Crippen LogP contribution in [-0.4, -0.2) is 30.5 Å². The zero-order valence-corrected chi connectivity index (χ0v) is 14.7. The van der Waals surface area contributed by atoms with Crippen LogP contribution in [0.5, 0.6) is 5.75 Å². The number of carbonyl (C=O) groups excluding carboxylic acids is 2. The lowest BCUT2D eigenvalue weighted by molar-refractivity contribution is 0.0944. The number of nitrogens with zero attached hydrogens (tertiary/aromatic N) is 1. The molecule has 0 aliphatic carbocycles. The van der Waals surface area contributed by atoms with E-state index in [1.165, 1.54) is 12.3 Å². The molecule has 6 heteroatoms. The zero-order valence-electron chi connectivity index (χ0n) is 14.7. The van der Waals surface area contributed by atoms with Gasteiger partial charge in [0.15, 0.2) is 0 Å². The Hall–Kier alpha value is -2.89. The highest BCUT2D eigenvalue weighted by Crippen LogP contribution is 2.16. The maximum absolute atomic E-state index is 12.3. The Morgan fingerprint density at radius 3 is 2.60 bits per heavy atom. The van der Waals surface area contributed by atoms with Crippen molar-refractivity contribution in [3.63, 3.8) is 0 Å². The van der Waals surface area contributed by atoms with Crippen molar-refractivity contribution in [3.8, 4) is 5.75 Å². The molecular formula is C19H23N3O3. The van der Waals surface area contributed by atoms with Crippen molar-refractivity contribution >= 4 is 11.8 Å². The molecule has 0 atom stereocenters. The Balaban J connectivity index is 2.02. The predicted molar refractivity (Wildman–Crippen MR) is 95.6 cm³/mol. The van der Waals surface area contributed by atoms with Crippen LogP contribution in [0.4, 0.5) is 0 Å². The number of hydrogen-bond acceptors (Lipinski definition) is 4. The molecule has 1 heterocycles. The van der Waals surface area contributed by atoms with Crippen LogP contribution < -0.4 is 15.4 Å². The normalized spacial score (nSPS) is 10.4. The number of aromatic nitrogens is 1. The summed E-state index contributed by atoms with van der Waals surface area (Å²) < 4.78 is 5.27. The van der Waals surface area contributed by atoms with Crippen LogP contribution in [0.2, 0.25) is 0 Å². The molecular weight excluding hydrogens is 318 g/mol. The quantitative estimate of drug-likeness (QED) is 0.810. The number of benzene rings is 1. The van der Waals surface area contributed by atoms with Gasteiger partial charge in [-0.3, -0.25) is 14.6 Å². The summed E-state index contributed by atoms with van der Waals surface area (Å²) in [5.74, 6) is 0.502. The number of amides is 2. The van der Waals surface area contributed by atoms with Crippen molar-refractivity contribution < 1.29 is 14.3 Å². The van der Waals surface area contributed by atoms with Gasteiger partial charge in [0.05, 0.1) is 7.11 Å². The minimum absolute atomic E-state index is 0.227. The minimum Gasteiger partial charge on any atom is -0.496 e. The predicted octanol–water partition coefficient (Wildman–Crippen LogP) is 2.41. The summed E-state index contributed by atoms with van der Waals surface area (Å²) in [7, 11) is 1.59. The Bertz CT molecular complexity index is 744. The van der Waals surface area contributed by atoms with Crippen LogP contribution >= 0.6 is 0 Å². The number of rotatable bonds is 7. The third-order valence-electron chi connectivity index (χ3n) is 3.56. The molecule has 0 spiro atoms. The first kappa shape index (κ1) is 18.4. The first-order valence-electron chi connectivity index (χ1n) is 8.15. The maximum atomic E-state index is 12.3. The fraction of sp³-hybridized carbons (Fsp3) is 0.316. The molecule has 0 bridgehead atoms. The zero-order chi connectivity index (χ0) is 18.2. The average molecular weight is 341 g/mol. The summed E-state index contributed by atoms with van der Waals surface area (Å²) in [4.78, 5) is 28.4. The second kappa shape index (κ2) is 8.82. The van der Waals surface area contributed by atoms with Crippen molar-refractivity contribution in [2.75, 3.05) is 13.7 Å². The van der Waals surface area contributed by atoms with Crippen LogP contribution in [0.1, 0.15) is 40.3 Å². The number of pyridine rings is 1. The summed E-state index contributed by atoms with van der Waals surface area (Å²) in [6.45, 7) is 4.91. The standard InChI is InChI=1S/C19H23N3O3/c1-13(2)11-21-19(24)16-10-14(8-9-20-16)18(23)22-12-15-6-4-5-7-17(15)25-3/h4-10,13H,11-12H2,1-3H3,(H,21,24)(H,22,23). The van der Waals surface area contributed by atoms with Gasteiger partial charge in [-0.05, 0) is 24.1 Å². The number of nitrogens with one attached hydrogen (secondary N) is 2. The molecule has 2 rings (SSSR count). The summed E-state index contributed by atoms with van der Waals surface area (Å²) >= 11 is 0. The molecule has 2 amide bonds. The number of hydrogen-bond donors (Lipinski definition) is 2. The monoisotopic (exact) mass is 341 g/mol. The van der Waals surface area contributed by atoms with Crippen LogP contribution in [0, 0.1) is 5.92 Å². The van der Waals surface area contributed by atoms with Crippen LogP contribution in [-0.2, 0) is 6.54 Å². The smallest absolute Gasteiger partial charge is 0.269 e. The van der Waals surface area contributed by atoms with Gasteiger partial charge >= 0.3 is 0 Å². The molecule has 1 aromatic carbocycles. The maximum Gasteiger partial charge on any atom is 0.269 e. The summed E-state index contributed by atoms with van der Waals surface area (Å²) in [5.41, 5.74) is 1.49. The SMILES string of the molecule is COc1ccccc1CNC(=O)c1ccnc(C(=O)NCC(C)C)c1. The number of ether oxygens (including phenoxy) is 1. The van der Waals surface area contributed by atoms with E-state index in [-0.39, 0.29) is 17.5 Å². The molecule has 0 saturated carbocycles. The molecule has 0 unspecified atom stereocenters. The van der Waals surface area contributed by atoms with E-state index in [9.17, 15) is 9.59 Å². The second-order valence-electron chi connectivity index (χ2n) is 6.03. The van der Waals surface area contributed by atoms with Gasteiger partial charge in [0.2, 0.25) is 0 Å². The van der Waals surface area contributed by atoms with Crippen LogP contribution in [0.3, 0.4) is 0 Å². The highest BCUT2D eigenvalue weighted by molar-refractivity contribution is 5.98. The second-order valence-corrected chi connectivity index (χ2v) is 6.03. The van der Waals surface area contributed by atoms with E-state index in [0.29, 0.717) is 30.3 Å². The van der Waals surface area contributed by atoms with E-state index in [0.717, 1.165) is 5.56 Å². The Labute approximate surface area is 147 Å². The molecule has 2 aromatic rings. The fourth-order valence-electron chi connectivity index (χ4n) is 2.21. The van der Waals surface area contributed by atoms with E-state index in [4.69, 9.17) is 4.74 Å².